The highest BCUT2D eigenvalue weighted by molar-refractivity contribution is 7.19. The molecule has 0 aromatic heterocycles. The maximum absolute atomic E-state index is 12.1. The molecule has 0 saturated carbocycles. The number of alkyl halides is 4. The van der Waals surface area contributed by atoms with E-state index in [1.165, 1.54) is 0 Å². The minimum atomic E-state index is -4.93. The molecule has 0 rings (SSSR count). The lowest BCUT2D eigenvalue weighted by molar-refractivity contribution is -0.263. The van der Waals surface area contributed by atoms with Crippen LogP contribution in [0.2, 0.25) is 19.1 Å². The zero-order chi connectivity index (χ0) is 10.7. The number of hydrogen-bond acceptors (Lipinski definition) is 1. The predicted molar refractivity (Wildman–Crippen MR) is 45.0 cm³/mol. The fourth-order valence-corrected chi connectivity index (χ4v) is 1.33. The normalized spacial score (nSPS) is 15.9. The molecule has 0 amide bonds. The molecular formula is C6H11ClF4OSi. The highest BCUT2D eigenvalue weighted by atomic mass is 35.6. The van der Waals surface area contributed by atoms with E-state index in [-0.39, 0.29) is 6.61 Å². The summed E-state index contributed by atoms with van der Waals surface area (Å²) in [6, 6.07) is 0.297. The van der Waals surface area contributed by atoms with Crippen LogP contribution in [0, 0.1) is 0 Å². The molecule has 0 N–H and O–H groups in total. The molecule has 1 unspecified atom stereocenters. The minimum Gasteiger partial charge on any atom is -0.342 e. The zero-order valence-electron chi connectivity index (χ0n) is 7.29. The number of ether oxygens (including phenoxy) is 1. The van der Waals surface area contributed by atoms with E-state index in [1.54, 1.807) is 13.1 Å². The summed E-state index contributed by atoms with van der Waals surface area (Å²) in [6.45, 7) is 3.21. The van der Waals surface area contributed by atoms with Crippen molar-refractivity contribution in [3.05, 3.63) is 0 Å². The van der Waals surface area contributed by atoms with Crippen molar-refractivity contribution < 1.29 is 22.3 Å². The van der Waals surface area contributed by atoms with Crippen molar-refractivity contribution in [2.45, 2.75) is 31.7 Å². The summed E-state index contributed by atoms with van der Waals surface area (Å²) in [5.41, 5.74) is 0. The first-order valence-electron chi connectivity index (χ1n) is 3.64. The van der Waals surface area contributed by atoms with Crippen LogP contribution in [0.1, 0.15) is 0 Å². The van der Waals surface area contributed by atoms with Crippen LogP contribution in [0.25, 0.3) is 0 Å². The first-order valence-corrected chi connectivity index (χ1v) is 7.86. The van der Waals surface area contributed by atoms with Gasteiger partial charge in [0, 0.05) is 6.61 Å². The van der Waals surface area contributed by atoms with E-state index in [1.807, 2.05) is 0 Å². The van der Waals surface area contributed by atoms with Crippen LogP contribution in [0.15, 0.2) is 0 Å². The summed E-state index contributed by atoms with van der Waals surface area (Å²) in [6.07, 6.45) is -8.13. The van der Waals surface area contributed by atoms with Gasteiger partial charge in [-0.1, -0.05) is 13.1 Å². The molecule has 0 aromatic rings. The average Bonchev–Trinajstić information content (AvgIpc) is 1.82. The molecule has 1 nitrogen and oxygen atoms in total. The molecular weight excluding hydrogens is 228 g/mol. The minimum absolute atomic E-state index is 0.288. The van der Waals surface area contributed by atoms with Gasteiger partial charge < -0.3 is 4.74 Å². The van der Waals surface area contributed by atoms with Crippen LogP contribution in [0.3, 0.4) is 0 Å². The van der Waals surface area contributed by atoms with Crippen molar-refractivity contribution in [2.75, 3.05) is 6.61 Å². The maximum Gasteiger partial charge on any atom is 0.445 e. The highest BCUT2D eigenvalue weighted by Gasteiger charge is 2.41. The molecule has 13 heavy (non-hydrogen) atoms. The topological polar surface area (TPSA) is 9.23 Å². The van der Waals surface area contributed by atoms with E-state index in [0.717, 1.165) is 0 Å². The Morgan fingerprint density at radius 1 is 1.38 bits per heavy atom. The molecule has 0 fully saturated rings. The largest absolute Gasteiger partial charge is 0.445 e. The van der Waals surface area contributed by atoms with Gasteiger partial charge in [0.05, 0.1) is 0 Å². The second-order valence-corrected chi connectivity index (χ2v) is 10.2. The molecule has 1 atom stereocenters. The third kappa shape index (κ3) is 7.27. The van der Waals surface area contributed by atoms with Crippen LogP contribution in [-0.4, -0.2) is 26.5 Å². The Hall–Kier alpha value is 0.187. The van der Waals surface area contributed by atoms with Crippen LogP contribution in [0.5, 0.6) is 0 Å². The van der Waals surface area contributed by atoms with Crippen molar-refractivity contribution in [1.29, 1.82) is 0 Å². The Morgan fingerprint density at radius 2 is 1.85 bits per heavy atom. The van der Waals surface area contributed by atoms with E-state index < -0.39 is 19.9 Å². The Kier molecular flexibility index (Phi) is 4.68. The van der Waals surface area contributed by atoms with Gasteiger partial charge in [0.15, 0.2) is 7.38 Å². The third-order valence-corrected chi connectivity index (χ3v) is 3.18. The Balaban J connectivity index is 3.67. The van der Waals surface area contributed by atoms with Gasteiger partial charge in [-0.25, -0.2) is 4.39 Å². The van der Waals surface area contributed by atoms with Gasteiger partial charge in [-0.05, 0) is 6.04 Å². The van der Waals surface area contributed by atoms with Crippen LogP contribution in [-0.2, 0) is 4.74 Å². The van der Waals surface area contributed by atoms with Gasteiger partial charge in [0.25, 0.3) is 6.36 Å². The second kappa shape index (κ2) is 4.61. The molecule has 0 radical (unpaired) electrons. The molecule has 0 bridgehead atoms. The van der Waals surface area contributed by atoms with Gasteiger partial charge in [-0.2, -0.15) is 24.3 Å². The summed E-state index contributed by atoms with van der Waals surface area (Å²) in [5, 5.41) is 0. The lowest BCUT2D eigenvalue weighted by Crippen LogP contribution is -2.29. The maximum atomic E-state index is 12.1. The van der Waals surface area contributed by atoms with Gasteiger partial charge in [0.1, 0.15) is 0 Å². The summed E-state index contributed by atoms with van der Waals surface area (Å²) in [4.78, 5) is 0. The van der Waals surface area contributed by atoms with Gasteiger partial charge >= 0.3 is 6.18 Å². The molecule has 0 aliphatic rings. The van der Waals surface area contributed by atoms with Crippen molar-refractivity contribution in [3.63, 3.8) is 0 Å². The number of hydrogen-bond donors (Lipinski definition) is 0. The van der Waals surface area contributed by atoms with Gasteiger partial charge in [-0.3, -0.25) is 0 Å². The van der Waals surface area contributed by atoms with E-state index in [2.05, 4.69) is 4.74 Å². The number of halogens is 5. The monoisotopic (exact) mass is 238 g/mol. The van der Waals surface area contributed by atoms with E-state index in [4.69, 9.17) is 11.1 Å². The quantitative estimate of drug-likeness (QED) is 0.415. The fourth-order valence-electron chi connectivity index (χ4n) is 0.500. The second-order valence-electron chi connectivity index (χ2n) is 3.20. The van der Waals surface area contributed by atoms with Crippen LogP contribution in [0.4, 0.5) is 17.6 Å². The van der Waals surface area contributed by atoms with Crippen LogP contribution >= 0.6 is 11.1 Å². The molecule has 0 heterocycles. The lowest BCUT2D eigenvalue weighted by Gasteiger charge is -2.16. The van der Waals surface area contributed by atoms with Crippen molar-refractivity contribution in [2.24, 2.45) is 0 Å². The van der Waals surface area contributed by atoms with E-state index in [9.17, 15) is 17.6 Å². The summed E-state index contributed by atoms with van der Waals surface area (Å²) in [7, 11) is -1.97. The average molecular weight is 239 g/mol. The molecule has 80 valence electrons. The Labute approximate surface area is 79.7 Å². The van der Waals surface area contributed by atoms with Gasteiger partial charge in [-0.15, -0.1) is 0 Å². The van der Waals surface area contributed by atoms with Crippen molar-refractivity contribution >= 4 is 18.5 Å². The first-order chi connectivity index (χ1) is 5.63. The molecule has 0 aromatic carbocycles. The molecule has 0 saturated heterocycles. The zero-order valence-corrected chi connectivity index (χ0v) is 9.05. The summed E-state index contributed by atoms with van der Waals surface area (Å²) < 4.78 is 50.7. The van der Waals surface area contributed by atoms with Crippen molar-refractivity contribution in [1.82, 2.24) is 0 Å². The van der Waals surface area contributed by atoms with E-state index in [0.29, 0.717) is 6.04 Å². The summed E-state index contributed by atoms with van der Waals surface area (Å²) in [5.74, 6) is 0. The number of rotatable bonds is 4. The van der Waals surface area contributed by atoms with E-state index >= 15 is 0 Å². The van der Waals surface area contributed by atoms with Crippen LogP contribution < -0.4 is 0 Å². The molecule has 0 spiro atoms. The Bertz CT molecular complexity index is 156. The third-order valence-electron chi connectivity index (χ3n) is 1.22. The highest BCUT2D eigenvalue weighted by Crippen LogP contribution is 2.24. The smallest absolute Gasteiger partial charge is 0.342 e. The SMILES string of the molecule is C[Si](C)(Cl)CCOC(F)C(F)(F)F. The fraction of sp³-hybridized carbons (Fsp3) is 1.00. The molecule has 7 heteroatoms. The standard InChI is InChI=1S/C6H11ClF4OSi/c1-13(2,7)4-3-12-5(8)6(9,10)11/h5H,3-4H2,1-2H3. The lowest BCUT2D eigenvalue weighted by atomic mass is 10.6. The first kappa shape index (κ1) is 13.2. The molecule has 0 aliphatic heterocycles. The summed E-state index contributed by atoms with van der Waals surface area (Å²) >= 11 is 5.79. The predicted octanol–water partition coefficient (Wildman–Crippen LogP) is 3.30. The van der Waals surface area contributed by atoms with Crippen molar-refractivity contribution in [3.8, 4) is 0 Å². The Morgan fingerprint density at radius 3 is 2.15 bits per heavy atom. The van der Waals surface area contributed by atoms with Gasteiger partial charge in [0.2, 0.25) is 0 Å². The molecule has 0 aliphatic carbocycles.